The SMILES string of the molecule is Cc1nn(N2N=C(c3ccccc3)NN2c2ccccc2)nc1C. The lowest BCUT2D eigenvalue weighted by atomic mass is 10.2. The largest absolute Gasteiger partial charge is 0.257 e. The number of aryl methyl sites for hydroxylation is 2. The van der Waals surface area contributed by atoms with E-state index in [4.69, 9.17) is 0 Å². The van der Waals surface area contributed by atoms with E-state index in [1.165, 1.54) is 4.91 Å². The van der Waals surface area contributed by atoms with E-state index in [2.05, 4.69) is 20.7 Å². The van der Waals surface area contributed by atoms with Crippen LogP contribution in [0.2, 0.25) is 0 Å². The Bertz CT molecular complexity index is 851. The first-order chi connectivity index (χ1) is 11.7. The van der Waals surface area contributed by atoms with Gasteiger partial charge in [0.05, 0.1) is 17.1 Å². The molecule has 7 nitrogen and oxygen atoms in total. The van der Waals surface area contributed by atoms with Crippen molar-refractivity contribution in [3.05, 3.63) is 77.6 Å². The molecule has 0 saturated carbocycles. The molecule has 0 aliphatic carbocycles. The predicted octanol–water partition coefficient (Wildman–Crippen LogP) is 2.13. The summed E-state index contributed by atoms with van der Waals surface area (Å²) in [5.41, 5.74) is 6.96. The average molecular weight is 319 g/mol. The summed E-state index contributed by atoms with van der Waals surface area (Å²) in [5, 5.41) is 16.9. The minimum Gasteiger partial charge on any atom is -0.257 e. The number of anilines is 1. The summed E-state index contributed by atoms with van der Waals surface area (Å²) in [5.74, 6) is 0.729. The molecule has 0 bridgehead atoms. The van der Waals surface area contributed by atoms with Gasteiger partial charge in [-0.05, 0) is 36.1 Å². The Kier molecular flexibility index (Phi) is 3.38. The molecule has 0 amide bonds. The standard InChI is InChI=1S/C17H17N7/c1-13-14(2)19-23(18-13)24-21-17(15-9-5-3-6-10-15)20-22(24)16-11-7-4-8-12-16/h3-12H,1-2H3,(H,20,21). The lowest BCUT2D eigenvalue weighted by Gasteiger charge is -2.25. The Morgan fingerprint density at radius 3 is 2.00 bits per heavy atom. The van der Waals surface area contributed by atoms with E-state index in [1.807, 2.05) is 74.5 Å². The van der Waals surface area contributed by atoms with Gasteiger partial charge in [0, 0.05) is 5.56 Å². The van der Waals surface area contributed by atoms with Crippen molar-refractivity contribution in [1.29, 1.82) is 0 Å². The molecule has 24 heavy (non-hydrogen) atoms. The van der Waals surface area contributed by atoms with Gasteiger partial charge in [0.1, 0.15) is 0 Å². The van der Waals surface area contributed by atoms with Gasteiger partial charge in [0.2, 0.25) is 0 Å². The monoisotopic (exact) mass is 319 g/mol. The van der Waals surface area contributed by atoms with E-state index in [1.54, 1.807) is 10.3 Å². The van der Waals surface area contributed by atoms with Gasteiger partial charge in [0.25, 0.3) is 0 Å². The Hall–Kier alpha value is -3.35. The highest BCUT2D eigenvalue weighted by atomic mass is 16.1. The molecule has 0 saturated heterocycles. The molecule has 4 rings (SSSR count). The highest BCUT2D eigenvalue weighted by Gasteiger charge is 2.28. The second kappa shape index (κ2) is 5.69. The average Bonchev–Trinajstić information content (AvgIpc) is 3.21. The molecule has 0 atom stereocenters. The number of para-hydroxylation sites is 1. The minimum atomic E-state index is 0.729. The highest BCUT2D eigenvalue weighted by molar-refractivity contribution is 6.01. The van der Waals surface area contributed by atoms with E-state index < -0.39 is 0 Å². The Labute approximate surface area is 139 Å². The number of hydrazone groups is 1. The molecule has 120 valence electrons. The van der Waals surface area contributed by atoms with Crippen molar-refractivity contribution in [1.82, 2.24) is 20.5 Å². The maximum Gasteiger partial charge on any atom is 0.177 e. The Morgan fingerprint density at radius 1 is 0.792 bits per heavy atom. The van der Waals surface area contributed by atoms with Crippen LogP contribution in [0.3, 0.4) is 0 Å². The van der Waals surface area contributed by atoms with Crippen molar-refractivity contribution in [3.63, 3.8) is 0 Å². The van der Waals surface area contributed by atoms with Crippen LogP contribution in [-0.4, -0.2) is 20.9 Å². The van der Waals surface area contributed by atoms with Crippen molar-refractivity contribution in [2.24, 2.45) is 5.10 Å². The fourth-order valence-corrected chi connectivity index (χ4v) is 2.39. The van der Waals surface area contributed by atoms with Gasteiger partial charge in [-0.1, -0.05) is 48.5 Å². The second-order valence-electron chi connectivity index (χ2n) is 5.48. The number of amidine groups is 1. The maximum atomic E-state index is 4.64. The first-order valence-electron chi connectivity index (χ1n) is 7.69. The fraction of sp³-hybridized carbons (Fsp3) is 0.118. The maximum absolute atomic E-state index is 4.64. The highest BCUT2D eigenvalue weighted by Crippen LogP contribution is 2.18. The van der Waals surface area contributed by atoms with E-state index in [9.17, 15) is 0 Å². The summed E-state index contributed by atoms with van der Waals surface area (Å²) in [7, 11) is 0. The lowest BCUT2D eigenvalue weighted by Crippen LogP contribution is -2.50. The summed E-state index contributed by atoms with van der Waals surface area (Å²) < 4.78 is 0. The topological polar surface area (TPSA) is 61.6 Å². The minimum absolute atomic E-state index is 0.729. The van der Waals surface area contributed by atoms with Gasteiger partial charge in [0.15, 0.2) is 5.84 Å². The van der Waals surface area contributed by atoms with Gasteiger partial charge in [-0.2, -0.15) is 5.12 Å². The van der Waals surface area contributed by atoms with Gasteiger partial charge < -0.3 is 0 Å². The molecule has 2 heterocycles. The molecule has 0 spiro atoms. The third-order valence-electron chi connectivity index (χ3n) is 3.79. The van der Waals surface area contributed by atoms with Crippen LogP contribution in [0.1, 0.15) is 17.0 Å². The van der Waals surface area contributed by atoms with Crippen molar-refractivity contribution >= 4 is 11.5 Å². The molecule has 3 aromatic rings. The number of aromatic nitrogens is 3. The zero-order valence-corrected chi connectivity index (χ0v) is 13.5. The van der Waals surface area contributed by atoms with Gasteiger partial charge >= 0.3 is 0 Å². The number of benzene rings is 2. The van der Waals surface area contributed by atoms with Crippen molar-refractivity contribution in [3.8, 4) is 0 Å². The smallest absolute Gasteiger partial charge is 0.177 e. The lowest BCUT2D eigenvalue weighted by molar-refractivity contribution is 0.467. The van der Waals surface area contributed by atoms with Crippen LogP contribution in [0.5, 0.6) is 0 Å². The molecule has 1 N–H and O–H groups in total. The summed E-state index contributed by atoms with van der Waals surface area (Å²) in [6.45, 7) is 3.86. The Morgan fingerprint density at radius 2 is 1.38 bits per heavy atom. The van der Waals surface area contributed by atoms with E-state index in [0.29, 0.717) is 0 Å². The molecule has 1 aliphatic heterocycles. The molecular weight excluding hydrogens is 302 g/mol. The molecule has 2 aromatic carbocycles. The summed E-state index contributed by atoms with van der Waals surface area (Å²) in [6, 6.07) is 19.9. The van der Waals surface area contributed by atoms with Gasteiger partial charge in [-0.15, -0.1) is 15.3 Å². The quantitative estimate of drug-likeness (QED) is 0.801. The first-order valence-corrected chi connectivity index (χ1v) is 7.69. The summed E-state index contributed by atoms with van der Waals surface area (Å²) in [6.07, 6.45) is 0. The Balaban J connectivity index is 1.76. The molecule has 0 unspecified atom stereocenters. The van der Waals surface area contributed by atoms with Crippen LogP contribution < -0.4 is 15.8 Å². The van der Waals surface area contributed by atoms with Crippen molar-refractivity contribution in [2.75, 3.05) is 10.3 Å². The third-order valence-corrected chi connectivity index (χ3v) is 3.79. The van der Waals surface area contributed by atoms with Crippen LogP contribution in [0.15, 0.2) is 65.8 Å². The molecule has 1 aliphatic rings. The molecule has 1 aromatic heterocycles. The van der Waals surface area contributed by atoms with E-state index in [-0.39, 0.29) is 0 Å². The third kappa shape index (κ3) is 2.45. The normalized spacial score (nSPS) is 13.8. The van der Waals surface area contributed by atoms with Crippen molar-refractivity contribution < 1.29 is 0 Å². The molecule has 7 heteroatoms. The number of hydrazine groups is 2. The van der Waals surface area contributed by atoms with Crippen LogP contribution >= 0.6 is 0 Å². The number of nitrogens with one attached hydrogen (secondary N) is 1. The summed E-state index contributed by atoms with van der Waals surface area (Å²) in [4.78, 5) is 1.49. The zero-order valence-electron chi connectivity index (χ0n) is 13.5. The number of hydrogen-bond donors (Lipinski definition) is 1. The van der Waals surface area contributed by atoms with E-state index >= 15 is 0 Å². The first kappa shape index (κ1) is 14.3. The number of hydrogen-bond acceptors (Lipinski definition) is 6. The summed E-state index contributed by atoms with van der Waals surface area (Å²) >= 11 is 0. The van der Waals surface area contributed by atoms with Crippen LogP contribution in [-0.2, 0) is 0 Å². The van der Waals surface area contributed by atoms with Gasteiger partial charge in [-0.25, -0.2) is 0 Å². The van der Waals surface area contributed by atoms with Gasteiger partial charge in [-0.3, -0.25) is 5.43 Å². The fourth-order valence-electron chi connectivity index (χ4n) is 2.39. The van der Waals surface area contributed by atoms with Crippen LogP contribution in [0.25, 0.3) is 0 Å². The molecular formula is C17H17N7. The molecule has 0 fully saturated rings. The van der Waals surface area contributed by atoms with Crippen LogP contribution in [0.4, 0.5) is 5.69 Å². The number of nitrogens with zero attached hydrogens (tertiary/aromatic N) is 6. The zero-order chi connectivity index (χ0) is 16.5. The van der Waals surface area contributed by atoms with Crippen LogP contribution in [0, 0.1) is 13.8 Å². The number of rotatable bonds is 3. The second-order valence-corrected chi connectivity index (χ2v) is 5.48. The molecule has 0 radical (unpaired) electrons. The van der Waals surface area contributed by atoms with E-state index in [0.717, 1.165) is 28.5 Å². The predicted molar refractivity (Wildman–Crippen MR) is 92.7 cm³/mol. The van der Waals surface area contributed by atoms with Crippen molar-refractivity contribution in [2.45, 2.75) is 13.8 Å².